The number of aliphatic hydroxyl groups excluding tert-OH is 1. The molecule has 0 saturated carbocycles. The second kappa shape index (κ2) is 6.95. The van der Waals surface area contributed by atoms with Gasteiger partial charge in [-0.3, -0.25) is 0 Å². The molecule has 0 aliphatic rings. The number of rotatable bonds is 6. The summed E-state index contributed by atoms with van der Waals surface area (Å²) in [6, 6.07) is 9.15. The molecule has 4 nitrogen and oxygen atoms in total. The van der Waals surface area contributed by atoms with Crippen molar-refractivity contribution in [3.8, 4) is 11.5 Å². The lowest BCUT2D eigenvalue weighted by Gasteiger charge is -2.12. The molecule has 0 aliphatic carbocycles. The molecule has 0 saturated heterocycles. The molecule has 0 atom stereocenters. The van der Waals surface area contributed by atoms with Crippen molar-refractivity contribution in [2.24, 2.45) is 0 Å². The molecule has 0 radical (unpaired) electrons. The maximum Gasteiger partial charge on any atom is 0.124 e. The molecule has 0 bridgehead atoms. The van der Waals surface area contributed by atoms with Gasteiger partial charge in [0.25, 0.3) is 0 Å². The van der Waals surface area contributed by atoms with Crippen molar-refractivity contribution in [3.05, 3.63) is 53.3 Å². The van der Waals surface area contributed by atoms with Gasteiger partial charge in [-0.1, -0.05) is 0 Å². The van der Waals surface area contributed by atoms with Crippen LogP contribution in [0.3, 0.4) is 0 Å². The first-order valence-electron chi connectivity index (χ1n) is 6.72. The standard InChI is InChI=1S/C16H18FNO3/c1-2-21-16-6-4-14(8-12(16)10-19)18-9-11-7-13(17)3-5-15(11)20/h3-8,18-20H,2,9-10H2,1H3. The molecular weight excluding hydrogens is 273 g/mol. The predicted octanol–water partition coefficient (Wildman–Crippen LogP) is 3.03. The summed E-state index contributed by atoms with van der Waals surface area (Å²) >= 11 is 0. The number of phenolic OH excluding ortho intramolecular Hbond substituents is 1. The van der Waals surface area contributed by atoms with E-state index in [9.17, 15) is 14.6 Å². The highest BCUT2D eigenvalue weighted by molar-refractivity contribution is 5.52. The Bertz CT molecular complexity index is 616. The lowest BCUT2D eigenvalue weighted by atomic mass is 10.1. The Morgan fingerprint density at radius 1 is 1.14 bits per heavy atom. The molecule has 5 heteroatoms. The summed E-state index contributed by atoms with van der Waals surface area (Å²) in [5, 5.41) is 22.1. The van der Waals surface area contributed by atoms with Gasteiger partial charge in [-0.15, -0.1) is 0 Å². The third kappa shape index (κ3) is 3.86. The largest absolute Gasteiger partial charge is 0.508 e. The van der Waals surface area contributed by atoms with Crippen LogP contribution in [-0.4, -0.2) is 16.8 Å². The highest BCUT2D eigenvalue weighted by Gasteiger charge is 2.06. The number of hydrogen-bond acceptors (Lipinski definition) is 4. The molecule has 112 valence electrons. The average Bonchev–Trinajstić information content (AvgIpc) is 2.49. The summed E-state index contributed by atoms with van der Waals surface area (Å²) in [5.74, 6) is 0.281. The van der Waals surface area contributed by atoms with Crippen LogP contribution in [0.15, 0.2) is 36.4 Å². The van der Waals surface area contributed by atoms with Gasteiger partial charge in [0.05, 0.1) is 13.2 Å². The van der Waals surface area contributed by atoms with Gasteiger partial charge in [0.2, 0.25) is 0 Å². The minimum absolute atomic E-state index is 0.0391. The molecule has 2 aromatic rings. The second-order valence-electron chi connectivity index (χ2n) is 4.54. The summed E-state index contributed by atoms with van der Waals surface area (Å²) < 4.78 is 18.5. The van der Waals surface area contributed by atoms with Gasteiger partial charge in [-0.05, 0) is 43.3 Å². The fraction of sp³-hybridized carbons (Fsp3) is 0.250. The van der Waals surface area contributed by atoms with E-state index < -0.39 is 5.82 Å². The third-order valence-electron chi connectivity index (χ3n) is 3.06. The number of benzene rings is 2. The number of halogens is 1. The first kappa shape index (κ1) is 15.1. The van der Waals surface area contributed by atoms with Crippen molar-refractivity contribution >= 4 is 5.69 Å². The molecule has 2 aromatic carbocycles. The predicted molar refractivity (Wildman–Crippen MR) is 78.9 cm³/mol. The number of phenols is 1. The zero-order valence-electron chi connectivity index (χ0n) is 11.8. The number of ether oxygens (including phenoxy) is 1. The van der Waals surface area contributed by atoms with Crippen LogP contribution in [-0.2, 0) is 13.2 Å². The molecule has 0 heterocycles. The van der Waals surface area contributed by atoms with Crippen LogP contribution >= 0.6 is 0 Å². The van der Waals surface area contributed by atoms with E-state index in [1.807, 2.05) is 6.92 Å². The summed E-state index contributed by atoms with van der Waals surface area (Å²) in [6.07, 6.45) is 0. The Labute approximate surface area is 122 Å². The Balaban J connectivity index is 2.11. The molecule has 0 aliphatic heterocycles. The SMILES string of the molecule is CCOc1ccc(NCc2cc(F)ccc2O)cc1CO. The van der Waals surface area contributed by atoms with E-state index in [0.29, 0.717) is 23.5 Å². The average molecular weight is 291 g/mol. The van der Waals surface area contributed by atoms with Crippen molar-refractivity contribution in [2.75, 3.05) is 11.9 Å². The Kier molecular flexibility index (Phi) is 5.00. The fourth-order valence-electron chi connectivity index (χ4n) is 2.00. The summed E-state index contributed by atoms with van der Waals surface area (Å²) in [5.41, 5.74) is 1.89. The van der Waals surface area contributed by atoms with Crippen molar-refractivity contribution < 1.29 is 19.3 Å². The minimum atomic E-state index is -0.396. The van der Waals surface area contributed by atoms with E-state index in [-0.39, 0.29) is 18.9 Å². The van der Waals surface area contributed by atoms with Gasteiger partial charge in [-0.2, -0.15) is 0 Å². The lowest BCUT2D eigenvalue weighted by molar-refractivity contribution is 0.267. The van der Waals surface area contributed by atoms with Crippen molar-refractivity contribution in [3.63, 3.8) is 0 Å². The summed E-state index contributed by atoms with van der Waals surface area (Å²) in [7, 11) is 0. The summed E-state index contributed by atoms with van der Waals surface area (Å²) in [4.78, 5) is 0. The second-order valence-corrected chi connectivity index (χ2v) is 4.54. The van der Waals surface area contributed by atoms with Crippen molar-refractivity contribution in [1.82, 2.24) is 0 Å². The van der Waals surface area contributed by atoms with Gasteiger partial charge in [-0.25, -0.2) is 4.39 Å². The highest BCUT2D eigenvalue weighted by Crippen LogP contribution is 2.24. The monoisotopic (exact) mass is 291 g/mol. The fourth-order valence-corrected chi connectivity index (χ4v) is 2.00. The topological polar surface area (TPSA) is 61.7 Å². The smallest absolute Gasteiger partial charge is 0.124 e. The Hall–Kier alpha value is -2.27. The first-order chi connectivity index (χ1) is 10.1. The van der Waals surface area contributed by atoms with Gasteiger partial charge in [0.15, 0.2) is 0 Å². The van der Waals surface area contributed by atoms with E-state index in [0.717, 1.165) is 5.69 Å². The van der Waals surface area contributed by atoms with Gasteiger partial charge < -0.3 is 20.3 Å². The molecule has 21 heavy (non-hydrogen) atoms. The molecule has 3 N–H and O–H groups in total. The molecule has 0 unspecified atom stereocenters. The lowest BCUT2D eigenvalue weighted by Crippen LogP contribution is -2.02. The van der Waals surface area contributed by atoms with E-state index in [2.05, 4.69) is 5.32 Å². The van der Waals surface area contributed by atoms with Crippen molar-refractivity contribution in [1.29, 1.82) is 0 Å². The van der Waals surface area contributed by atoms with Gasteiger partial charge in [0.1, 0.15) is 17.3 Å². The van der Waals surface area contributed by atoms with Crippen LogP contribution < -0.4 is 10.1 Å². The van der Waals surface area contributed by atoms with E-state index in [1.165, 1.54) is 18.2 Å². The van der Waals surface area contributed by atoms with Crippen LogP contribution in [0.1, 0.15) is 18.1 Å². The summed E-state index contributed by atoms with van der Waals surface area (Å²) in [6.45, 7) is 2.55. The number of aliphatic hydroxyl groups is 1. The molecule has 0 fully saturated rings. The zero-order valence-corrected chi connectivity index (χ0v) is 11.8. The van der Waals surface area contributed by atoms with Gasteiger partial charge in [0, 0.05) is 23.4 Å². The van der Waals surface area contributed by atoms with Crippen LogP contribution in [0.4, 0.5) is 10.1 Å². The van der Waals surface area contributed by atoms with E-state index in [1.54, 1.807) is 18.2 Å². The molecule has 0 aromatic heterocycles. The molecule has 0 spiro atoms. The molecule has 2 rings (SSSR count). The first-order valence-corrected chi connectivity index (χ1v) is 6.72. The number of aromatic hydroxyl groups is 1. The maximum absolute atomic E-state index is 13.1. The quantitative estimate of drug-likeness (QED) is 0.765. The molecular formula is C16H18FNO3. The number of hydrogen-bond donors (Lipinski definition) is 3. The van der Waals surface area contributed by atoms with Gasteiger partial charge >= 0.3 is 0 Å². The van der Waals surface area contributed by atoms with Crippen LogP contribution in [0, 0.1) is 5.82 Å². The van der Waals surface area contributed by atoms with Crippen LogP contribution in [0.25, 0.3) is 0 Å². The van der Waals surface area contributed by atoms with Crippen LogP contribution in [0.5, 0.6) is 11.5 Å². The third-order valence-corrected chi connectivity index (χ3v) is 3.06. The Morgan fingerprint density at radius 2 is 1.95 bits per heavy atom. The van der Waals surface area contributed by atoms with Crippen LogP contribution in [0.2, 0.25) is 0 Å². The Morgan fingerprint density at radius 3 is 2.67 bits per heavy atom. The highest BCUT2D eigenvalue weighted by atomic mass is 19.1. The normalized spacial score (nSPS) is 10.4. The van der Waals surface area contributed by atoms with E-state index >= 15 is 0 Å². The zero-order chi connectivity index (χ0) is 15.2. The van der Waals surface area contributed by atoms with E-state index in [4.69, 9.17) is 4.74 Å². The number of nitrogens with one attached hydrogen (secondary N) is 1. The van der Waals surface area contributed by atoms with Crippen molar-refractivity contribution in [2.45, 2.75) is 20.1 Å². The maximum atomic E-state index is 13.1. The minimum Gasteiger partial charge on any atom is -0.508 e. The number of anilines is 1. The molecule has 0 amide bonds.